The summed E-state index contributed by atoms with van der Waals surface area (Å²) < 4.78 is 3.93. The molecule has 1 atom stereocenters. The summed E-state index contributed by atoms with van der Waals surface area (Å²) in [6, 6.07) is 42.9. The van der Waals surface area contributed by atoms with Crippen molar-refractivity contribution in [3.8, 4) is 262 Å². The normalized spacial score (nSPS) is 13.0. The second kappa shape index (κ2) is 67.1. The molecule has 0 N–H and O–H groups in total. The van der Waals surface area contributed by atoms with Gasteiger partial charge in [0.1, 0.15) is 0 Å². The van der Waals surface area contributed by atoms with Crippen molar-refractivity contribution < 1.29 is 135 Å². The van der Waals surface area contributed by atoms with Crippen LogP contribution in [0, 0.1) is 282 Å². The number of halogens is 2. The van der Waals surface area contributed by atoms with Crippen LogP contribution in [0.25, 0.3) is 0 Å². The van der Waals surface area contributed by atoms with Crippen LogP contribution in [0.2, 0.25) is 0 Å². The van der Waals surface area contributed by atoms with Crippen LogP contribution in [0.3, 0.4) is 0 Å². The number of nitrogens with zero attached hydrogens (tertiary/aromatic N) is 6. The van der Waals surface area contributed by atoms with Crippen LogP contribution in [0.1, 0.15) is 333 Å². The minimum atomic E-state index is -0.335. The average Bonchev–Trinajstić information content (AvgIpc) is 1.59. The van der Waals surface area contributed by atoms with Crippen molar-refractivity contribution in [1.29, 1.82) is 0 Å². The van der Waals surface area contributed by atoms with Crippen LogP contribution in [0.4, 0.5) is 34.1 Å². The predicted octanol–water partition coefficient (Wildman–Crippen LogP) is 29.4. The molecule has 1 aliphatic carbocycles. The second-order valence-electron chi connectivity index (χ2n) is 35.2. The fraction of sp³-hybridized carbons (Fsp3) is 0.321. The monoisotopic (exact) mass is 2200 g/mol. The molecule has 9 rings (SSSR count). The minimum Gasteiger partial charge on any atom is -1.00 e. The summed E-state index contributed by atoms with van der Waals surface area (Å²) in [5.41, 5.74) is 13.0. The van der Waals surface area contributed by atoms with E-state index in [4.69, 9.17) is 12.8 Å². The topological polar surface area (TPSA) is 116 Å². The smallest absolute Gasteiger partial charge is 0.269 e. The van der Waals surface area contributed by atoms with Gasteiger partial charge in [0.25, 0.3) is 11.4 Å². The fourth-order valence-corrected chi connectivity index (χ4v) is 16.7. The standard InChI is InChI=1S/C62H55N2O2.C44H23N2O.C25H40N2O2.2HI.44H2/c1-7-9-11-13-15-17-19-21-22-23-24-25-26-27-28-30-32-34-36-43-51-63-59-47-42-41-46-57(59)62(5,6)60(63)48-40-37-39-45-56-54(44-38-35-33-31-29-20-18-16-14-12-10-8-2)55-50-49-53(64(65)66)52-58(55)61(56,3)4;1-5-6-7-8-9-10-11-12-13-14-15-16-17-18-19-20-21-22-23-30-38-46-42-35-28-27-34-41(42)44(3,4)43(46)36-29-31-37-45(39(2)47)40-32-25-24-26-33-40;1-5-6-7-8-9-10-11-12-13-14-15-16-19-26-21(2)25(3,4)23-20-22(27(28)29)17-18-24(23)26;;;;;;;;;;;;;;;;;;;;;;;;;;;;;;;;;;;;;;;;;;;;;;/h1,37,39-42,45-50,52,54H,8,10,12,14,16,18,20,29,31,33,35,38,44H2,2-6H3;1,24-29,31-37H,2-4H3;17-18,20H,2,5-16,19H2,1,3-4H3;46*1H/q2*+1;;;;;;;;;;;;;;;;;;;;;;;;;;;;;;;;;;;;;;;;;;;;;;;/p-2/b39-37+,48-40+,56-45?;;;;;;;;;;;;;;;;;;;;;;;;;;;;;;;;;;;;;;;;;;;;;;;;. The van der Waals surface area contributed by atoms with Crippen LogP contribution in [-0.2, 0) is 26.5 Å². The molecule has 144 heavy (non-hydrogen) atoms. The molecular weight excluding hydrogens is 1990 g/mol. The van der Waals surface area contributed by atoms with Gasteiger partial charge in [-0.05, 0) is 176 Å². The van der Waals surface area contributed by atoms with Crippen molar-refractivity contribution in [2.75, 3.05) is 16.3 Å². The lowest BCUT2D eigenvalue weighted by atomic mass is 9.79. The molecule has 804 valence electrons. The van der Waals surface area contributed by atoms with Crippen molar-refractivity contribution in [3.63, 3.8) is 0 Å². The van der Waals surface area contributed by atoms with Gasteiger partial charge in [-0.3, -0.25) is 29.9 Å². The summed E-state index contributed by atoms with van der Waals surface area (Å²) >= 11 is 0. The van der Waals surface area contributed by atoms with Crippen LogP contribution in [0.15, 0.2) is 188 Å². The number of nitro groups is 2. The molecule has 0 saturated heterocycles. The predicted molar refractivity (Wildman–Crippen MR) is 677 cm³/mol. The van der Waals surface area contributed by atoms with Crippen molar-refractivity contribution in [3.05, 3.63) is 236 Å². The Hall–Kier alpha value is -16.3. The van der Waals surface area contributed by atoms with E-state index >= 15 is 0 Å². The SMILES string of the molecule is C#CC#CC#CC#CC#CC#CC#CC#CC#CC#CC#C[N+]1=C(/C=C/C=C/C=C2C(CCCCCCCCCCCCCC)c3ccc([N+](=O)[O-])cc3C2(C)C)C(C)(C)c2ccccc21.C#CC#CC#CC#CC#CC#CC#CC#CC#CC#CC#C[N+]1=C(/C=C/C=C/N(C(C)=O)c2ccccc2)C(C)(C)c2ccccc21.C=C1N(CCCCCCCCCCCCCC)c2ccc([N+](=O)[O-])cc2C1(C)C.[HH].[HH].[HH].[HH].[HH].[HH].[HH].[HH].[HH].[HH].[HH].[HH].[HH].[HH].[HH].[HH].[HH].[HH].[HH].[HH].[HH].[HH].[HH].[HH].[HH].[HH].[HH].[HH].[HH].[HH].[HH].[HH].[HH].[HH].[HH].[HH].[HH].[HH].[HH].[HH].[HH].[HH].[HH].[HH].[I-].[I-]. The molecule has 3 heterocycles. The average molecular weight is 2200 g/mol. The van der Waals surface area contributed by atoms with Gasteiger partial charge in [-0.1, -0.05) is 292 Å². The molecule has 0 bridgehead atoms. The first-order chi connectivity index (χ1) is 69.0. The number of amides is 1. The number of carbonyl (C=O) groups excluding carboxylic acids is 1. The van der Waals surface area contributed by atoms with Gasteiger partial charge in [0, 0.05) is 306 Å². The number of anilines is 2. The molecule has 0 aromatic heterocycles. The number of hydrogen-bond donors (Lipinski definition) is 0. The van der Waals surface area contributed by atoms with E-state index in [-0.39, 0.29) is 165 Å². The van der Waals surface area contributed by atoms with Gasteiger partial charge in [0.15, 0.2) is 0 Å². The Balaban J connectivity index is -0.0000000429. The van der Waals surface area contributed by atoms with E-state index in [1.165, 1.54) is 165 Å². The zero-order valence-corrected chi connectivity index (χ0v) is 88.8. The van der Waals surface area contributed by atoms with E-state index in [1.54, 1.807) is 35.4 Å². The van der Waals surface area contributed by atoms with Gasteiger partial charge in [0.2, 0.25) is 40.8 Å². The third-order valence-corrected chi connectivity index (χ3v) is 24.0. The Morgan fingerprint density at radius 3 is 1.10 bits per heavy atom. The second-order valence-corrected chi connectivity index (χ2v) is 35.2. The Labute approximate surface area is 959 Å². The lowest BCUT2D eigenvalue weighted by Crippen LogP contribution is -3.00. The van der Waals surface area contributed by atoms with Crippen molar-refractivity contribution >= 4 is 51.5 Å². The first-order valence-electron chi connectivity index (χ1n) is 48.3. The molecule has 0 saturated carbocycles. The number of nitro benzene ring substituents is 2. The number of para-hydroxylation sites is 3. The van der Waals surface area contributed by atoms with E-state index in [0.29, 0.717) is 0 Å². The van der Waals surface area contributed by atoms with Gasteiger partial charge < -0.3 is 52.9 Å². The summed E-state index contributed by atoms with van der Waals surface area (Å²) in [7, 11) is 0. The first-order valence-corrected chi connectivity index (χ1v) is 48.3. The van der Waals surface area contributed by atoms with Gasteiger partial charge in [-0.2, -0.15) is 0 Å². The molecule has 3 aliphatic heterocycles. The summed E-state index contributed by atoms with van der Waals surface area (Å²) in [6.07, 6.45) is 60.9. The Morgan fingerprint density at radius 2 is 0.729 bits per heavy atom. The summed E-state index contributed by atoms with van der Waals surface area (Å²) in [4.78, 5) is 38.4. The lowest BCUT2D eigenvalue weighted by molar-refractivity contribution is -0.385. The van der Waals surface area contributed by atoms with Gasteiger partial charge >= 0.3 is 0 Å². The summed E-state index contributed by atoms with van der Waals surface area (Å²) in [6.45, 7) is 28.6. The van der Waals surface area contributed by atoms with Crippen LogP contribution in [-0.4, -0.2) is 42.9 Å². The fourth-order valence-electron chi connectivity index (χ4n) is 16.7. The molecule has 0 radical (unpaired) electrons. The molecule has 11 nitrogen and oxygen atoms in total. The van der Waals surface area contributed by atoms with Crippen molar-refractivity contribution in [2.45, 2.75) is 264 Å². The largest absolute Gasteiger partial charge is 1.00 e. The third-order valence-electron chi connectivity index (χ3n) is 24.0. The van der Waals surface area contributed by atoms with Gasteiger partial charge in [-0.25, -0.2) is 0 Å². The maximum atomic E-state index is 12.2. The molecule has 0 spiro atoms. The number of terminal acetylenes is 2. The van der Waals surface area contributed by atoms with Crippen LogP contribution < -0.4 is 57.8 Å². The number of carbonyl (C=O) groups is 1. The molecule has 1 unspecified atom stereocenters. The highest BCUT2D eigenvalue weighted by molar-refractivity contribution is 6.04. The van der Waals surface area contributed by atoms with Crippen molar-refractivity contribution in [2.24, 2.45) is 0 Å². The molecule has 1 amide bonds. The minimum absolute atomic E-state index is 0. The zero-order chi connectivity index (χ0) is 102. The Bertz CT molecular complexity index is 7420. The number of fused-ring (bicyclic) bond motifs is 4. The molecule has 5 aromatic rings. The van der Waals surface area contributed by atoms with E-state index in [9.17, 15) is 25.0 Å². The number of hydrogen-bond acceptors (Lipinski definition) is 6. The maximum Gasteiger partial charge on any atom is 0.269 e. The van der Waals surface area contributed by atoms with E-state index in [0.717, 1.165) is 82.4 Å². The van der Waals surface area contributed by atoms with Gasteiger partial charge in [-0.15, -0.1) is 22.0 Å². The molecule has 0 fully saturated rings. The maximum absolute atomic E-state index is 12.2. The quantitative estimate of drug-likeness (QED) is 0.00759. The van der Waals surface area contributed by atoms with Crippen LogP contribution in [0.5, 0.6) is 0 Å². The van der Waals surface area contributed by atoms with E-state index in [2.05, 4.69) is 378 Å². The summed E-state index contributed by atoms with van der Waals surface area (Å²) in [5, 5.41) is 22.9. The molecular formula is C131H206I2N6O5. The van der Waals surface area contributed by atoms with E-state index in [1.807, 2.05) is 100 Å². The van der Waals surface area contributed by atoms with E-state index < -0.39 is 0 Å². The first kappa shape index (κ1) is 118. The molecule has 5 aromatic carbocycles. The van der Waals surface area contributed by atoms with Crippen molar-refractivity contribution in [1.82, 2.24) is 0 Å². The van der Waals surface area contributed by atoms with Crippen LogP contribution >= 0.6 is 0 Å². The number of benzene rings is 5. The number of non-ortho nitro benzene ring substituents is 2. The Kier molecular flexibility index (Phi) is 55.1. The molecule has 13 heteroatoms. The highest BCUT2D eigenvalue weighted by Crippen LogP contribution is 2.54. The van der Waals surface area contributed by atoms with Gasteiger partial charge in [0.05, 0.1) is 32.5 Å². The molecule has 4 aliphatic rings. The number of rotatable bonds is 35. The Morgan fingerprint density at radius 1 is 0.396 bits per heavy atom. The third kappa shape index (κ3) is 39.4. The highest BCUT2D eigenvalue weighted by Gasteiger charge is 2.47. The zero-order valence-electron chi connectivity index (χ0n) is 84.5. The highest BCUT2D eigenvalue weighted by atomic mass is 127. The summed E-state index contributed by atoms with van der Waals surface area (Å²) in [5.74, 6) is 102. The number of allylic oxidation sites excluding steroid dienone is 10. The lowest BCUT2D eigenvalue weighted by Gasteiger charge is -2.25. The number of unbranched alkanes of at least 4 members (excludes halogenated alkanes) is 22.